The summed E-state index contributed by atoms with van der Waals surface area (Å²) in [6, 6.07) is 14.1. The van der Waals surface area contributed by atoms with Crippen LogP contribution in [0.2, 0.25) is 0 Å². The van der Waals surface area contributed by atoms with Crippen LogP contribution in [-0.2, 0) is 11.2 Å². The molecule has 0 saturated carbocycles. The van der Waals surface area contributed by atoms with Gasteiger partial charge in [0.15, 0.2) is 0 Å². The highest BCUT2D eigenvalue weighted by molar-refractivity contribution is 7.80. The molecule has 0 aromatic heterocycles. The van der Waals surface area contributed by atoms with Crippen LogP contribution in [0.25, 0.3) is 10.8 Å². The summed E-state index contributed by atoms with van der Waals surface area (Å²) in [5.74, 6) is -0.838. The van der Waals surface area contributed by atoms with Crippen molar-refractivity contribution in [1.29, 1.82) is 0 Å². The monoisotopic (exact) mass is 246 g/mol. The van der Waals surface area contributed by atoms with E-state index in [0.717, 1.165) is 10.9 Å². The molecule has 2 aromatic rings. The fraction of sp³-hybridized carbons (Fsp3) is 0.214. The first-order valence-electron chi connectivity index (χ1n) is 5.52. The third-order valence-corrected chi connectivity index (χ3v) is 3.31. The fourth-order valence-electron chi connectivity index (χ4n) is 1.88. The van der Waals surface area contributed by atoms with Gasteiger partial charge in [-0.2, -0.15) is 12.6 Å². The number of thiol groups is 1. The van der Waals surface area contributed by atoms with E-state index in [0.29, 0.717) is 12.2 Å². The van der Waals surface area contributed by atoms with Crippen LogP contribution in [0, 0.1) is 5.92 Å². The Labute approximate surface area is 106 Å². The van der Waals surface area contributed by atoms with Crippen molar-refractivity contribution < 1.29 is 9.90 Å². The summed E-state index contributed by atoms with van der Waals surface area (Å²) in [4.78, 5) is 10.9. The van der Waals surface area contributed by atoms with Gasteiger partial charge in [-0.05, 0) is 22.8 Å². The van der Waals surface area contributed by atoms with E-state index in [-0.39, 0.29) is 0 Å². The lowest BCUT2D eigenvalue weighted by Crippen LogP contribution is -2.17. The number of hydrogen-bond acceptors (Lipinski definition) is 2. The third kappa shape index (κ3) is 2.80. The Morgan fingerprint density at radius 3 is 2.53 bits per heavy atom. The van der Waals surface area contributed by atoms with Gasteiger partial charge in [0.05, 0.1) is 5.92 Å². The maximum Gasteiger partial charge on any atom is 0.307 e. The Hall–Kier alpha value is -1.48. The van der Waals surface area contributed by atoms with Crippen molar-refractivity contribution in [2.45, 2.75) is 6.42 Å². The van der Waals surface area contributed by atoms with Crippen molar-refractivity contribution >= 4 is 29.4 Å². The zero-order chi connectivity index (χ0) is 12.3. The van der Waals surface area contributed by atoms with Gasteiger partial charge >= 0.3 is 5.97 Å². The van der Waals surface area contributed by atoms with Crippen molar-refractivity contribution in [3.63, 3.8) is 0 Å². The minimum absolute atomic E-state index is 0.363. The van der Waals surface area contributed by atoms with Gasteiger partial charge in [0.1, 0.15) is 0 Å². The van der Waals surface area contributed by atoms with E-state index in [1.165, 1.54) is 5.39 Å². The molecule has 1 atom stereocenters. The van der Waals surface area contributed by atoms with Gasteiger partial charge in [-0.1, -0.05) is 42.5 Å². The second-order valence-corrected chi connectivity index (χ2v) is 4.47. The molecule has 0 radical (unpaired) electrons. The first-order valence-corrected chi connectivity index (χ1v) is 6.15. The van der Waals surface area contributed by atoms with Crippen LogP contribution in [0.15, 0.2) is 42.5 Å². The number of aliphatic carboxylic acids is 1. The van der Waals surface area contributed by atoms with Crippen LogP contribution in [0.1, 0.15) is 5.56 Å². The number of hydrogen-bond donors (Lipinski definition) is 2. The molecule has 0 fully saturated rings. The third-order valence-electron chi connectivity index (χ3n) is 2.87. The average Bonchev–Trinajstić information content (AvgIpc) is 2.35. The average molecular weight is 246 g/mol. The normalized spacial score (nSPS) is 12.5. The molecule has 0 bridgehead atoms. The van der Waals surface area contributed by atoms with Crippen LogP contribution in [-0.4, -0.2) is 16.8 Å². The van der Waals surface area contributed by atoms with E-state index < -0.39 is 11.9 Å². The van der Waals surface area contributed by atoms with Crippen LogP contribution in [0.3, 0.4) is 0 Å². The Bertz CT molecular complexity index is 536. The maximum absolute atomic E-state index is 10.9. The van der Waals surface area contributed by atoms with Crippen LogP contribution < -0.4 is 0 Å². The lowest BCUT2D eigenvalue weighted by molar-refractivity contribution is -0.140. The molecule has 0 aliphatic rings. The number of carbonyl (C=O) groups is 1. The van der Waals surface area contributed by atoms with Crippen molar-refractivity contribution in [3.8, 4) is 0 Å². The molecule has 3 heteroatoms. The smallest absolute Gasteiger partial charge is 0.307 e. The van der Waals surface area contributed by atoms with Gasteiger partial charge in [-0.15, -0.1) is 0 Å². The predicted molar refractivity (Wildman–Crippen MR) is 72.6 cm³/mol. The molecule has 0 aliphatic heterocycles. The second kappa shape index (κ2) is 5.23. The van der Waals surface area contributed by atoms with Crippen LogP contribution >= 0.6 is 12.6 Å². The van der Waals surface area contributed by atoms with E-state index >= 15 is 0 Å². The zero-order valence-electron chi connectivity index (χ0n) is 9.34. The molecule has 17 heavy (non-hydrogen) atoms. The second-order valence-electron chi connectivity index (χ2n) is 4.10. The SMILES string of the molecule is O=C(O)C(CS)Cc1ccc2ccccc2c1. The summed E-state index contributed by atoms with van der Waals surface area (Å²) in [6.07, 6.45) is 0.531. The Balaban J connectivity index is 2.27. The van der Waals surface area contributed by atoms with Gasteiger partial charge in [0, 0.05) is 5.75 Å². The first kappa shape index (κ1) is 12.0. The van der Waals surface area contributed by atoms with Gasteiger partial charge in [-0.25, -0.2) is 0 Å². The maximum atomic E-state index is 10.9. The molecule has 2 rings (SSSR count). The van der Waals surface area contributed by atoms with Crippen LogP contribution in [0.5, 0.6) is 0 Å². The quantitative estimate of drug-likeness (QED) is 0.814. The van der Waals surface area contributed by atoms with E-state index in [4.69, 9.17) is 5.11 Å². The van der Waals surface area contributed by atoms with Gasteiger partial charge in [0.2, 0.25) is 0 Å². The van der Waals surface area contributed by atoms with E-state index in [9.17, 15) is 4.79 Å². The van der Waals surface area contributed by atoms with Crippen molar-refractivity contribution in [3.05, 3.63) is 48.0 Å². The number of carboxylic acid groups (broad SMARTS) is 1. The zero-order valence-corrected chi connectivity index (χ0v) is 10.2. The molecule has 0 amide bonds. The molecule has 1 unspecified atom stereocenters. The highest BCUT2D eigenvalue weighted by Gasteiger charge is 2.15. The van der Waals surface area contributed by atoms with Gasteiger partial charge in [-0.3, -0.25) is 4.79 Å². The number of rotatable bonds is 4. The van der Waals surface area contributed by atoms with Crippen LogP contribution in [0.4, 0.5) is 0 Å². The summed E-state index contributed by atoms with van der Waals surface area (Å²) in [7, 11) is 0. The summed E-state index contributed by atoms with van der Waals surface area (Å²) in [5, 5.41) is 11.3. The van der Waals surface area contributed by atoms with Gasteiger partial charge in [0.25, 0.3) is 0 Å². The number of benzene rings is 2. The minimum Gasteiger partial charge on any atom is -0.481 e. The Kier molecular flexibility index (Phi) is 3.69. The number of fused-ring (bicyclic) bond motifs is 1. The molecule has 88 valence electrons. The lowest BCUT2D eigenvalue weighted by Gasteiger charge is -2.09. The Morgan fingerprint density at radius 2 is 1.88 bits per heavy atom. The van der Waals surface area contributed by atoms with Crippen molar-refractivity contribution in [1.82, 2.24) is 0 Å². The minimum atomic E-state index is -0.784. The van der Waals surface area contributed by atoms with Crippen molar-refractivity contribution in [2.24, 2.45) is 5.92 Å². The first-order chi connectivity index (χ1) is 8.20. The Morgan fingerprint density at radius 1 is 1.18 bits per heavy atom. The summed E-state index contributed by atoms with van der Waals surface area (Å²) >= 11 is 4.08. The van der Waals surface area contributed by atoms with Crippen molar-refractivity contribution in [2.75, 3.05) is 5.75 Å². The predicted octanol–water partition coefficient (Wildman–Crippen LogP) is 3.01. The highest BCUT2D eigenvalue weighted by Crippen LogP contribution is 2.18. The molecule has 2 nitrogen and oxygen atoms in total. The topological polar surface area (TPSA) is 37.3 Å². The number of carboxylic acids is 1. The highest BCUT2D eigenvalue weighted by atomic mass is 32.1. The molecular weight excluding hydrogens is 232 g/mol. The molecule has 1 N–H and O–H groups in total. The molecule has 2 aromatic carbocycles. The summed E-state index contributed by atoms with van der Waals surface area (Å²) in [5.41, 5.74) is 1.05. The fourth-order valence-corrected chi connectivity index (χ4v) is 2.17. The molecule has 0 saturated heterocycles. The summed E-state index contributed by atoms with van der Waals surface area (Å²) < 4.78 is 0. The van der Waals surface area contributed by atoms with E-state index in [1.54, 1.807) is 0 Å². The standard InChI is InChI=1S/C14H14O2S/c15-14(16)13(9-17)8-10-5-6-11-3-1-2-4-12(11)7-10/h1-7,13,17H,8-9H2,(H,15,16). The largest absolute Gasteiger partial charge is 0.481 e. The van der Waals surface area contributed by atoms with Gasteiger partial charge < -0.3 is 5.11 Å². The van der Waals surface area contributed by atoms with E-state index in [2.05, 4.69) is 18.7 Å². The molecule has 0 heterocycles. The lowest BCUT2D eigenvalue weighted by atomic mass is 9.98. The molecule has 0 spiro atoms. The van der Waals surface area contributed by atoms with E-state index in [1.807, 2.05) is 36.4 Å². The molecular formula is C14H14O2S. The summed E-state index contributed by atoms with van der Waals surface area (Å²) in [6.45, 7) is 0. The molecule has 0 aliphatic carbocycles.